The van der Waals surface area contributed by atoms with Gasteiger partial charge in [0.15, 0.2) is 6.04 Å². The lowest BCUT2D eigenvalue weighted by molar-refractivity contribution is -0.138. The summed E-state index contributed by atoms with van der Waals surface area (Å²) in [7, 11) is 0. The normalized spacial score (nSPS) is 12.3. The van der Waals surface area contributed by atoms with E-state index in [4.69, 9.17) is 15.9 Å². The number of nitrogens with zero attached hydrogens (tertiary/aromatic N) is 1. The molecule has 1 amide bonds. The van der Waals surface area contributed by atoms with Crippen LogP contribution < -0.4 is 20.1 Å². The lowest BCUT2D eigenvalue weighted by atomic mass is 10.2. The molecule has 3 aromatic rings. The Morgan fingerprint density at radius 2 is 1.51 bits per heavy atom. The minimum Gasteiger partial charge on any atom is -0.480 e. The third-order valence-corrected chi connectivity index (χ3v) is 5.80. The first-order valence-electron chi connectivity index (χ1n) is 10.4. The van der Waals surface area contributed by atoms with Crippen molar-refractivity contribution in [2.45, 2.75) is 13.0 Å². The predicted molar refractivity (Wildman–Crippen MR) is 132 cm³/mol. The van der Waals surface area contributed by atoms with E-state index in [2.05, 4.69) is 5.32 Å². The van der Waals surface area contributed by atoms with Crippen molar-refractivity contribution < 1.29 is 28.2 Å². The first kappa shape index (κ1) is 25.4. The summed E-state index contributed by atoms with van der Waals surface area (Å²) in [6.07, 6.45) is 0. The fourth-order valence-corrected chi connectivity index (χ4v) is 3.83. The number of ether oxygens (including phenoxy) is 1. The van der Waals surface area contributed by atoms with Crippen LogP contribution in [0.1, 0.15) is 21.5 Å². The maximum Gasteiger partial charge on any atom is 0.329 e. The van der Waals surface area contributed by atoms with Gasteiger partial charge in [-0.15, -0.1) is 0 Å². The summed E-state index contributed by atoms with van der Waals surface area (Å²) in [5.74, 6) is -0.996. The van der Waals surface area contributed by atoms with Crippen molar-refractivity contribution in [1.82, 2.24) is 5.32 Å². The van der Waals surface area contributed by atoms with Crippen molar-refractivity contribution >= 4 is 34.7 Å². The third-order valence-electron chi connectivity index (χ3n) is 5.00. The number of carboxylic acids is 1. The number of rotatable bonds is 10. The SMILES string of the molecule is Cc1ccc(N(C(CNC(=O)c2ccc(Oc3ccc(C(=N)N)cc3)cc2)C(=O)O)S(=O)O)cc1. The fourth-order valence-electron chi connectivity index (χ4n) is 3.15. The van der Waals surface area contributed by atoms with Gasteiger partial charge in [0, 0.05) is 11.1 Å². The van der Waals surface area contributed by atoms with Crippen molar-refractivity contribution in [3.8, 4) is 11.5 Å². The second-order valence-electron chi connectivity index (χ2n) is 7.52. The molecule has 0 aliphatic rings. The molecule has 0 radical (unpaired) electrons. The molecule has 3 aromatic carbocycles. The van der Waals surface area contributed by atoms with E-state index < -0.39 is 35.7 Å². The molecule has 0 aliphatic carbocycles. The van der Waals surface area contributed by atoms with Crippen molar-refractivity contribution in [3.05, 3.63) is 89.5 Å². The van der Waals surface area contributed by atoms with Crippen LogP contribution in [0.25, 0.3) is 0 Å². The van der Waals surface area contributed by atoms with E-state index in [1.807, 2.05) is 6.92 Å². The van der Waals surface area contributed by atoms with Gasteiger partial charge in [-0.2, -0.15) is 0 Å². The van der Waals surface area contributed by atoms with Gasteiger partial charge in [0.1, 0.15) is 17.3 Å². The highest BCUT2D eigenvalue weighted by atomic mass is 32.2. The Morgan fingerprint density at radius 1 is 1.00 bits per heavy atom. The molecule has 0 saturated heterocycles. The third kappa shape index (κ3) is 6.65. The first-order chi connectivity index (χ1) is 16.7. The Hall–Kier alpha value is -4.22. The van der Waals surface area contributed by atoms with Gasteiger partial charge >= 0.3 is 5.97 Å². The van der Waals surface area contributed by atoms with Crippen LogP contribution in [0.2, 0.25) is 0 Å². The van der Waals surface area contributed by atoms with E-state index >= 15 is 0 Å². The van der Waals surface area contributed by atoms with E-state index in [0.717, 1.165) is 9.87 Å². The lowest BCUT2D eigenvalue weighted by Gasteiger charge is -2.27. The average molecular weight is 497 g/mol. The minimum absolute atomic E-state index is 0.0516. The van der Waals surface area contributed by atoms with Crippen molar-refractivity contribution in [3.63, 3.8) is 0 Å². The van der Waals surface area contributed by atoms with Crippen LogP contribution in [0.5, 0.6) is 11.5 Å². The topological polar surface area (TPSA) is 166 Å². The van der Waals surface area contributed by atoms with Crippen molar-refractivity contribution in [2.75, 3.05) is 10.8 Å². The summed E-state index contributed by atoms with van der Waals surface area (Å²) in [5.41, 5.74) is 7.38. The van der Waals surface area contributed by atoms with E-state index in [1.165, 1.54) is 24.3 Å². The fraction of sp³-hybridized carbons (Fsp3) is 0.125. The zero-order valence-corrected chi connectivity index (χ0v) is 19.5. The highest BCUT2D eigenvalue weighted by molar-refractivity contribution is 7.80. The van der Waals surface area contributed by atoms with Crippen molar-refractivity contribution in [1.29, 1.82) is 5.41 Å². The molecule has 0 heterocycles. The molecule has 0 aliphatic heterocycles. The van der Waals surface area contributed by atoms with Gasteiger partial charge in [-0.3, -0.25) is 19.1 Å². The van der Waals surface area contributed by atoms with Crippen LogP contribution in [0.4, 0.5) is 5.69 Å². The summed E-state index contributed by atoms with van der Waals surface area (Å²) in [4.78, 5) is 24.4. The lowest BCUT2D eigenvalue weighted by Crippen LogP contribution is -2.49. The summed E-state index contributed by atoms with van der Waals surface area (Å²) >= 11 is -2.63. The van der Waals surface area contributed by atoms with E-state index in [1.54, 1.807) is 48.5 Å². The number of nitrogens with two attached hydrogens (primary N) is 1. The smallest absolute Gasteiger partial charge is 0.329 e. The number of aliphatic carboxylic acids is 1. The second kappa shape index (κ2) is 11.3. The number of anilines is 1. The zero-order chi connectivity index (χ0) is 25.5. The molecular formula is C24H24N4O6S. The predicted octanol–water partition coefficient (Wildman–Crippen LogP) is 2.90. The Kier molecular flexibility index (Phi) is 8.18. The quantitative estimate of drug-likeness (QED) is 0.163. The number of benzene rings is 3. The van der Waals surface area contributed by atoms with Crippen LogP contribution in [0.15, 0.2) is 72.8 Å². The van der Waals surface area contributed by atoms with Crippen LogP contribution in [-0.2, 0) is 16.1 Å². The monoisotopic (exact) mass is 496 g/mol. The number of nitrogen functional groups attached to an aromatic ring is 1. The first-order valence-corrected chi connectivity index (χ1v) is 11.4. The molecule has 11 heteroatoms. The Labute approximate surface area is 204 Å². The number of amidine groups is 1. The number of hydrogen-bond acceptors (Lipinski definition) is 5. The molecule has 35 heavy (non-hydrogen) atoms. The maximum absolute atomic E-state index is 12.6. The molecule has 2 unspecified atom stereocenters. The Balaban J connectivity index is 1.66. The number of carbonyl (C=O) groups is 2. The molecule has 3 rings (SSSR count). The van der Waals surface area contributed by atoms with E-state index in [9.17, 15) is 23.5 Å². The summed E-state index contributed by atoms with van der Waals surface area (Å²) in [6, 6.07) is 17.8. The highest BCUT2D eigenvalue weighted by Crippen LogP contribution is 2.23. The molecule has 0 spiro atoms. The zero-order valence-electron chi connectivity index (χ0n) is 18.7. The van der Waals surface area contributed by atoms with Crippen LogP contribution in [0.3, 0.4) is 0 Å². The minimum atomic E-state index is -2.63. The number of carbonyl (C=O) groups excluding carboxylic acids is 1. The standard InChI is InChI=1S/C24H24N4O6S/c1-15-2-8-18(9-3-15)28(35(32)33)21(24(30)31)14-27-23(29)17-6-12-20(13-7-17)34-19-10-4-16(5-11-19)22(25)26/h2-13,21H,14H2,1H3,(H3,25,26)(H,27,29)(H,30,31)(H,32,33). The molecule has 182 valence electrons. The number of hydrogen-bond donors (Lipinski definition) is 5. The number of nitrogens with one attached hydrogen (secondary N) is 2. The van der Waals surface area contributed by atoms with E-state index in [-0.39, 0.29) is 17.1 Å². The summed E-state index contributed by atoms with van der Waals surface area (Å²) in [5, 5.41) is 19.6. The highest BCUT2D eigenvalue weighted by Gasteiger charge is 2.30. The van der Waals surface area contributed by atoms with Gasteiger partial charge < -0.3 is 20.9 Å². The van der Waals surface area contributed by atoms with Gasteiger partial charge in [-0.05, 0) is 67.6 Å². The van der Waals surface area contributed by atoms with Crippen LogP contribution in [-0.4, -0.2) is 44.2 Å². The van der Waals surface area contributed by atoms with Gasteiger partial charge in [-0.25, -0.2) is 9.00 Å². The van der Waals surface area contributed by atoms with Crippen LogP contribution >= 0.6 is 0 Å². The molecule has 6 N–H and O–H groups in total. The van der Waals surface area contributed by atoms with E-state index in [0.29, 0.717) is 17.1 Å². The molecular weight excluding hydrogens is 472 g/mol. The van der Waals surface area contributed by atoms with Gasteiger partial charge in [0.05, 0.1) is 12.2 Å². The largest absolute Gasteiger partial charge is 0.480 e. The molecule has 0 aromatic heterocycles. The maximum atomic E-state index is 12.6. The number of carboxylic acid groups (broad SMARTS) is 1. The molecule has 0 bridgehead atoms. The Bertz CT molecular complexity index is 1230. The molecule has 0 saturated carbocycles. The molecule has 10 nitrogen and oxygen atoms in total. The van der Waals surface area contributed by atoms with Gasteiger partial charge in [0.25, 0.3) is 17.2 Å². The van der Waals surface area contributed by atoms with Crippen molar-refractivity contribution in [2.24, 2.45) is 5.73 Å². The summed E-state index contributed by atoms with van der Waals surface area (Å²) < 4.78 is 28.2. The number of amides is 1. The van der Waals surface area contributed by atoms with Crippen LogP contribution in [0, 0.1) is 12.3 Å². The second-order valence-corrected chi connectivity index (χ2v) is 8.38. The molecule has 2 atom stereocenters. The number of aryl methyl sites for hydroxylation is 1. The molecule has 0 fully saturated rings. The van der Waals surface area contributed by atoms with Gasteiger partial charge in [-0.1, -0.05) is 17.7 Å². The summed E-state index contributed by atoms with van der Waals surface area (Å²) in [6.45, 7) is 1.43. The van der Waals surface area contributed by atoms with Gasteiger partial charge in [0.2, 0.25) is 0 Å². The Morgan fingerprint density at radius 3 is 1.97 bits per heavy atom. The average Bonchev–Trinajstić information content (AvgIpc) is 2.82.